The van der Waals surface area contributed by atoms with Crippen LogP contribution in [0.3, 0.4) is 0 Å². The van der Waals surface area contributed by atoms with Gasteiger partial charge >= 0.3 is 0 Å². The maximum atomic E-state index is 10.2. The molecule has 0 saturated carbocycles. The van der Waals surface area contributed by atoms with Crippen molar-refractivity contribution < 1.29 is 4.79 Å². The summed E-state index contributed by atoms with van der Waals surface area (Å²) in [6.45, 7) is 3.76. The van der Waals surface area contributed by atoms with E-state index < -0.39 is 0 Å². The molecule has 4 heteroatoms. The second-order valence-electron chi connectivity index (χ2n) is 3.98. The van der Waals surface area contributed by atoms with Crippen molar-refractivity contribution in [2.24, 2.45) is 0 Å². The van der Waals surface area contributed by atoms with E-state index in [0.29, 0.717) is 18.6 Å². The van der Waals surface area contributed by atoms with E-state index >= 15 is 0 Å². The van der Waals surface area contributed by atoms with Crippen LogP contribution < -0.4 is 0 Å². The second kappa shape index (κ2) is 15.4. The van der Waals surface area contributed by atoms with Gasteiger partial charge in [0.15, 0.2) is 0 Å². The molecule has 0 aliphatic rings. The molecular formula is C17H23Cl3O. The third-order valence-electron chi connectivity index (χ3n) is 2.67. The largest absolute Gasteiger partial charge is 0.300 e. The van der Waals surface area contributed by atoms with Crippen molar-refractivity contribution in [3.8, 4) is 11.1 Å². The number of benzene rings is 2. The highest BCUT2D eigenvalue weighted by Crippen LogP contribution is 2.17. The molecule has 0 saturated heterocycles. The first-order valence-electron chi connectivity index (χ1n) is 6.40. The number of ketones is 1. The Hall–Kier alpha value is -1.02. The minimum Gasteiger partial charge on any atom is -0.300 e. The van der Waals surface area contributed by atoms with Gasteiger partial charge in [-0.1, -0.05) is 74.5 Å². The summed E-state index contributed by atoms with van der Waals surface area (Å²) in [5.41, 5.74) is 2.55. The predicted octanol–water partition coefficient (Wildman–Crippen LogP) is 5.99. The van der Waals surface area contributed by atoms with E-state index in [4.69, 9.17) is 0 Å². The molecule has 0 unspecified atom stereocenters. The second-order valence-corrected chi connectivity index (χ2v) is 3.98. The molecule has 0 aromatic heterocycles. The molecule has 0 spiro atoms. The lowest BCUT2D eigenvalue weighted by atomic mass is 10.1. The molecule has 0 aliphatic carbocycles. The molecule has 2 rings (SSSR count). The molecule has 0 heterocycles. The minimum atomic E-state index is 0. The lowest BCUT2D eigenvalue weighted by Gasteiger charge is -1.98. The highest BCUT2D eigenvalue weighted by molar-refractivity contribution is 5.86. The fourth-order valence-electron chi connectivity index (χ4n) is 1.51. The summed E-state index contributed by atoms with van der Waals surface area (Å²) < 4.78 is 0. The van der Waals surface area contributed by atoms with Crippen LogP contribution in [0.15, 0.2) is 60.7 Å². The van der Waals surface area contributed by atoms with E-state index in [1.807, 2.05) is 26.0 Å². The summed E-state index contributed by atoms with van der Waals surface area (Å²) in [5, 5.41) is 0. The normalized spacial score (nSPS) is 7.90. The summed E-state index contributed by atoms with van der Waals surface area (Å²) in [6.07, 6.45) is 1.38. The van der Waals surface area contributed by atoms with Crippen molar-refractivity contribution in [1.82, 2.24) is 0 Å². The van der Waals surface area contributed by atoms with Gasteiger partial charge in [0.2, 0.25) is 0 Å². The fourth-order valence-corrected chi connectivity index (χ4v) is 1.51. The number of carbonyl (C=O) groups is 1. The van der Waals surface area contributed by atoms with Gasteiger partial charge in [0.25, 0.3) is 0 Å². The molecule has 0 fully saturated rings. The lowest BCUT2D eigenvalue weighted by Crippen LogP contribution is -1.88. The summed E-state index contributed by atoms with van der Waals surface area (Å²) in [6, 6.07) is 20.8. The van der Waals surface area contributed by atoms with Gasteiger partial charge in [0.1, 0.15) is 5.78 Å². The summed E-state index contributed by atoms with van der Waals surface area (Å²) in [5.74, 6) is 0.343. The first-order valence-corrected chi connectivity index (χ1v) is 6.40. The Labute approximate surface area is 146 Å². The van der Waals surface area contributed by atoms with Crippen LogP contribution in [0.4, 0.5) is 0 Å². The molecule has 0 bridgehead atoms. The summed E-state index contributed by atoms with van der Waals surface area (Å²) in [7, 11) is 0. The first kappa shape index (κ1) is 25.0. The highest BCUT2D eigenvalue weighted by atomic mass is 35.5. The van der Waals surface area contributed by atoms with Gasteiger partial charge in [-0.15, -0.1) is 37.2 Å². The zero-order valence-corrected chi connectivity index (χ0v) is 14.8. The Kier molecular flexibility index (Phi) is 18.3. The highest BCUT2D eigenvalue weighted by Gasteiger charge is 1.91. The third kappa shape index (κ3) is 10.4. The monoisotopic (exact) mass is 348 g/mol. The zero-order valence-electron chi connectivity index (χ0n) is 12.3. The topological polar surface area (TPSA) is 17.1 Å². The van der Waals surface area contributed by atoms with Crippen molar-refractivity contribution in [3.05, 3.63) is 60.7 Å². The van der Waals surface area contributed by atoms with Crippen molar-refractivity contribution in [2.75, 3.05) is 0 Å². The van der Waals surface area contributed by atoms with Crippen LogP contribution in [0.25, 0.3) is 11.1 Å². The number of hydrogen-bond donors (Lipinski definition) is 0. The first-order chi connectivity index (χ1) is 8.77. The smallest absolute Gasteiger partial charge is 0.132 e. The van der Waals surface area contributed by atoms with E-state index in [1.54, 1.807) is 0 Å². The number of rotatable bonds is 3. The van der Waals surface area contributed by atoms with Crippen molar-refractivity contribution in [1.29, 1.82) is 0 Å². The Morgan fingerprint density at radius 1 is 0.667 bits per heavy atom. The van der Waals surface area contributed by atoms with E-state index in [1.165, 1.54) is 11.1 Å². The van der Waals surface area contributed by atoms with Gasteiger partial charge in [-0.3, -0.25) is 4.79 Å². The van der Waals surface area contributed by atoms with E-state index in [9.17, 15) is 4.79 Å². The Bertz CT molecular complexity index is 414. The van der Waals surface area contributed by atoms with Crippen LogP contribution in [-0.4, -0.2) is 5.78 Å². The number of carbonyl (C=O) groups excluding carboxylic acids is 1. The van der Waals surface area contributed by atoms with Gasteiger partial charge in [-0.25, -0.2) is 0 Å². The SMILES string of the molecule is CCC(=O)CC.Cl.Cl.Cl.c1ccc(-c2ccccc2)cc1. The molecule has 2 aromatic carbocycles. The van der Waals surface area contributed by atoms with Gasteiger partial charge in [0.05, 0.1) is 0 Å². The van der Waals surface area contributed by atoms with Crippen LogP contribution in [0.5, 0.6) is 0 Å². The van der Waals surface area contributed by atoms with Gasteiger partial charge < -0.3 is 0 Å². The van der Waals surface area contributed by atoms with Crippen molar-refractivity contribution >= 4 is 43.0 Å². The van der Waals surface area contributed by atoms with Crippen LogP contribution >= 0.6 is 37.2 Å². The average Bonchev–Trinajstić information content (AvgIpc) is 2.49. The molecule has 0 radical (unpaired) electrons. The van der Waals surface area contributed by atoms with Gasteiger partial charge in [0, 0.05) is 12.8 Å². The number of hydrogen-bond acceptors (Lipinski definition) is 1. The molecule has 1 nitrogen and oxygen atoms in total. The molecular weight excluding hydrogens is 327 g/mol. The van der Waals surface area contributed by atoms with Crippen LogP contribution in [0.2, 0.25) is 0 Å². The standard InChI is InChI=1S/C12H10.C5H10O.3ClH/c1-3-7-11(8-4-1)12-9-5-2-6-10-12;1-3-5(6)4-2;;;/h1-10H;3-4H2,1-2H3;3*1H. The van der Waals surface area contributed by atoms with E-state index in [2.05, 4.69) is 48.5 Å². The van der Waals surface area contributed by atoms with Crippen molar-refractivity contribution in [3.63, 3.8) is 0 Å². The van der Waals surface area contributed by atoms with Gasteiger partial charge in [-0.05, 0) is 11.1 Å². The van der Waals surface area contributed by atoms with Crippen molar-refractivity contribution in [2.45, 2.75) is 26.7 Å². The third-order valence-corrected chi connectivity index (χ3v) is 2.67. The van der Waals surface area contributed by atoms with Gasteiger partial charge in [-0.2, -0.15) is 0 Å². The molecule has 0 atom stereocenters. The quantitative estimate of drug-likeness (QED) is 0.664. The molecule has 118 valence electrons. The Morgan fingerprint density at radius 2 is 0.952 bits per heavy atom. The van der Waals surface area contributed by atoms with Crippen LogP contribution in [0.1, 0.15) is 26.7 Å². The predicted molar refractivity (Wildman–Crippen MR) is 99.2 cm³/mol. The number of Topliss-reactive ketones (excluding diaryl/α,β-unsaturated/α-hetero) is 1. The zero-order chi connectivity index (χ0) is 13.2. The molecule has 0 aliphatic heterocycles. The molecule has 0 N–H and O–H groups in total. The van der Waals surface area contributed by atoms with Crippen LogP contribution in [0, 0.1) is 0 Å². The Balaban J connectivity index is -0.000000320. The fraction of sp³-hybridized carbons (Fsp3) is 0.235. The molecule has 2 aromatic rings. The van der Waals surface area contributed by atoms with Crippen LogP contribution in [-0.2, 0) is 4.79 Å². The average molecular weight is 350 g/mol. The van der Waals surface area contributed by atoms with E-state index in [-0.39, 0.29) is 37.2 Å². The Morgan fingerprint density at radius 3 is 1.14 bits per heavy atom. The molecule has 21 heavy (non-hydrogen) atoms. The number of halogens is 3. The summed E-state index contributed by atoms with van der Waals surface area (Å²) >= 11 is 0. The maximum absolute atomic E-state index is 10.2. The lowest BCUT2D eigenvalue weighted by molar-refractivity contribution is -0.118. The van der Waals surface area contributed by atoms with E-state index in [0.717, 1.165) is 0 Å². The molecule has 0 amide bonds. The summed E-state index contributed by atoms with van der Waals surface area (Å²) in [4.78, 5) is 10.2. The maximum Gasteiger partial charge on any atom is 0.132 e. The minimum absolute atomic E-state index is 0.